The van der Waals surface area contributed by atoms with E-state index in [1.54, 1.807) is 19.2 Å². The van der Waals surface area contributed by atoms with E-state index in [-0.39, 0.29) is 35.5 Å². The quantitative estimate of drug-likeness (QED) is 0.312. The number of nitrogens with one attached hydrogen (secondary N) is 1. The molecule has 1 aliphatic rings. The fourth-order valence-corrected chi connectivity index (χ4v) is 3.18. The first kappa shape index (κ1) is 24.7. The number of guanidine groups is 1. The second-order valence-corrected chi connectivity index (χ2v) is 6.41. The number of alkyl halides is 2. The summed E-state index contributed by atoms with van der Waals surface area (Å²) in [5, 5.41) is 3.32. The first-order valence-electron chi connectivity index (χ1n) is 9.21. The van der Waals surface area contributed by atoms with Crippen molar-refractivity contribution in [2.75, 3.05) is 47.0 Å². The van der Waals surface area contributed by atoms with Gasteiger partial charge >= 0.3 is 6.61 Å². The van der Waals surface area contributed by atoms with E-state index in [0.717, 1.165) is 44.2 Å². The van der Waals surface area contributed by atoms with Crippen LogP contribution in [0.1, 0.15) is 18.9 Å². The molecule has 0 radical (unpaired) electrons. The minimum atomic E-state index is -2.89. The molecule has 2 rings (SSSR count). The SMILES string of the molecule is CCNC(=NCCc1ccc(OC)c(OC(F)F)c1)N1CCC(COC)C1.I. The number of rotatable bonds is 9. The molecule has 0 aliphatic carbocycles. The van der Waals surface area contributed by atoms with Crippen LogP contribution in [0.2, 0.25) is 0 Å². The fraction of sp³-hybridized carbons (Fsp3) is 0.632. The number of hydrogen-bond acceptors (Lipinski definition) is 4. The summed E-state index contributed by atoms with van der Waals surface area (Å²) in [6.07, 6.45) is 1.71. The number of benzene rings is 1. The van der Waals surface area contributed by atoms with Crippen molar-refractivity contribution in [3.63, 3.8) is 0 Å². The lowest BCUT2D eigenvalue weighted by Gasteiger charge is -2.21. The van der Waals surface area contributed by atoms with Crippen molar-refractivity contribution in [1.29, 1.82) is 0 Å². The zero-order valence-corrected chi connectivity index (χ0v) is 19.0. The van der Waals surface area contributed by atoms with Gasteiger partial charge in [0.05, 0.1) is 13.7 Å². The van der Waals surface area contributed by atoms with E-state index in [2.05, 4.69) is 19.9 Å². The van der Waals surface area contributed by atoms with E-state index in [9.17, 15) is 8.78 Å². The van der Waals surface area contributed by atoms with Gasteiger partial charge in [0.2, 0.25) is 0 Å². The summed E-state index contributed by atoms with van der Waals surface area (Å²) in [6, 6.07) is 5.06. The highest BCUT2D eigenvalue weighted by atomic mass is 127. The largest absolute Gasteiger partial charge is 0.493 e. The Morgan fingerprint density at radius 1 is 1.32 bits per heavy atom. The molecule has 0 bridgehead atoms. The van der Waals surface area contributed by atoms with Crippen LogP contribution in [0.3, 0.4) is 0 Å². The Labute approximate surface area is 182 Å². The van der Waals surface area contributed by atoms with Crippen LogP contribution in [-0.2, 0) is 11.2 Å². The van der Waals surface area contributed by atoms with Crippen LogP contribution in [0, 0.1) is 5.92 Å². The minimum Gasteiger partial charge on any atom is -0.493 e. The maximum atomic E-state index is 12.5. The first-order chi connectivity index (χ1) is 13.1. The van der Waals surface area contributed by atoms with Crippen molar-refractivity contribution in [3.05, 3.63) is 23.8 Å². The summed E-state index contributed by atoms with van der Waals surface area (Å²) in [6.45, 7) is 3.13. The third-order valence-electron chi connectivity index (χ3n) is 4.43. The number of nitrogens with zero attached hydrogens (tertiary/aromatic N) is 2. The molecule has 9 heteroatoms. The second-order valence-electron chi connectivity index (χ2n) is 6.41. The van der Waals surface area contributed by atoms with Crippen LogP contribution >= 0.6 is 24.0 Å². The van der Waals surface area contributed by atoms with Crippen molar-refractivity contribution in [2.24, 2.45) is 10.9 Å². The first-order valence-corrected chi connectivity index (χ1v) is 9.21. The smallest absolute Gasteiger partial charge is 0.387 e. The molecule has 1 unspecified atom stereocenters. The molecule has 1 atom stereocenters. The number of halogens is 3. The fourth-order valence-electron chi connectivity index (χ4n) is 3.18. The van der Waals surface area contributed by atoms with Crippen LogP contribution in [0.15, 0.2) is 23.2 Å². The summed E-state index contributed by atoms with van der Waals surface area (Å²) < 4.78 is 39.9. The average Bonchev–Trinajstić information content (AvgIpc) is 3.09. The molecule has 1 N–H and O–H groups in total. The van der Waals surface area contributed by atoms with Crippen molar-refractivity contribution < 1.29 is 23.0 Å². The Kier molecular flexibility index (Phi) is 11.4. The molecular formula is C19H30F2IN3O3. The van der Waals surface area contributed by atoms with Gasteiger partial charge in [-0.15, -0.1) is 24.0 Å². The second kappa shape index (κ2) is 13.0. The molecular weight excluding hydrogens is 483 g/mol. The maximum Gasteiger partial charge on any atom is 0.387 e. The summed E-state index contributed by atoms with van der Waals surface area (Å²) in [7, 11) is 3.15. The average molecular weight is 513 g/mol. The van der Waals surface area contributed by atoms with Crippen molar-refractivity contribution in [1.82, 2.24) is 10.2 Å². The zero-order chi connectivity index (χ0) is 19.6. The van der Waals surface area contributed by atoms with Gasteiger partial charge < -0.3 is 24.4 Å². The van der Waals surface area contributed by atoms with Crippen molar-refractivity contribution in [2.45, 2.75) is 26.4 Å². The third-order valence-corrected chi connectivity index (χ3v) is 4.43. The highest BCUT2D eigenvalue weighted by Crippen LogP contribution is 2.29. The molecule has 28 heavy (non-hydrogen) atoms. The Morgan fingerprint density at radius 2 is 2.11 bits per heavy atom. The van der Waals surface area contributed by atoms with Gasteiger partial charge in [0.15, 0.2) is 17.5 Å². The van der Waals surface area contributed by atoms with E-state index < -0.39 is 6.61 Å². The van der Waals surface area contributed by atoms with Gasteiger partial charge in [0, 0.05) is 39.2 Å². The van der Waals surface area contributed by atoms with E-state index in [1.165, 1.54) is 7.11 Å². The Bertz CT molecular complexity index is 620. The molecule has 1 saturated heterocycles. The van der Waals surface area contributed by atoms with Gasteiger partial charge in [-0.1, -0.05) is 6.07 Å². The Hall–Kier alpha value is -1.36. The van der Waals surface area contributed by atoms with Gasteiger partial charge in [0.1, 0.15) is 0 Å². The predicted molar refractivity (Wildman–Crippen MR) is 116 cm³/mol. The van der Waals surface area contributed by atoms with Crippen LogP contribution in [0.5, 0.6) is 11.5 Å². The monoisotopic (exact) mass is 513 g/mol. The molecule has 1 aromatic carbocycles. The molecule has 160 valence electrons. The molecule has 6 nitrogen and oxygen atoms in total. The molecule has 1 heterocycles. The lowest BCUT2D eigenvalue weighted by molar-refractivity contribution is -0.0512. The standard InChI is InChI=1S/C19H29F2N3O3.HI/c1-4-22-19(24-10-8-15(12-24)13-25-2)23-9-7-14-5-6-16(26-3)17(11-14)27-18(20)21;/h5-6,11,15,18H,4,7-10,12-13H2,1-3H3,(H,22,23);1H. The third kappa shape index (κ3) is 7.57. The molecule has 0 amide bonds. The Morgan fingerprint density at radius 3 is 2.75 bits per heavy atom. The van der Waals surface area contributed by atoms with E-state index >= 15 is 0 Å². The van der Waals surface area contributed by atoms with E-state index in [1.807, 2.05) is 13.0 Å². The van der Waals surface area contributed by atoms with Gasteiger partial charge in [0.25, 0.3) is 0 Å². The highest BCUT2D eigenvalue weighted by Gasteiger charge is 2.24. The van der Waals surface area contributed by atoms with E-state index in [4.69, 9.17) is 9.47 Å². The van der Waals surface area contributed by atoms with Crippen LogP contribution in [0.25, 0.3) is 0 Å². The molecule has 0 saturated carbocycles. The van der Waals surface area contributed by atoms with Gasteiger partial charge in [-0.3, -0.25) is 4.99 Å². The Balaban J connectivity index is 0.00000392. The number of aliphatic imine (C=N–C) groups is 1. The zero-order valence-electron chi connectivity index (χ0n) is 16.6. The summed E-state index contributed by atoms with van der Waals surface area (Å²) >= 11 is 0. The van der Waals surface area contributed by atoms with Crippen LogP contribution in [0.4, 0.5) is 8.78 Å². The normalized spacial score (nSPS) is 16.9. The predicted octanol–water partition coefficient (Wildman–Crippen LogP) is 3.39. The summed E-state index contributed by atoms with van der Waals surface area (Å²) in [5.41, 5.74) is 0.865. The number of likely N-dealkylation sites (tertiary alicyclic amines) is 1. The number of ether oxygens (including phenoxy) is 3. The van der Waals surface area contributed by atoms with Crippen molar-refractivity contribution in [3.8, 4) is 11.5 Å². The number of hydrogen-bond donors (Lipinski definition) is 1. The van der Waals surface area contributed by atoms with Gasteiger partial charge in [-0.25, -0.2) is 0 Å². The molecule has 0 spiro atoms. The van der Waals surface area contributed by atoms with E-state index in [0.29, 0.717) is 18.9 Å². The number of methoxy groups -OCH3 is 2. The molecule has 0 aromatic heterocycles. The highest BCUT2D eigenvalue weighted by molar-refractivity contribution is 14.0. The van der Waals surface area contributed by atoms with Crippen LogP contribution < -0.4 is 14.8 Å². The molecule has 1 aliphatic heterocycles. The minimum absolute atomic E-state index is 0. The van der Waals surface area contributed by atoms with Gasteiger partial charge in [-0.05, 0) is 37.5 Å². The maximum absolute atomic E-state index is 12.5. The lowest BCUT2D eigenvalue weighted by atomic mass is 10.1. The summed E-state index contributed by atoms with van der Waals surface area (Å²) in [5.74, 6) is 1.74. The summed E-state index contributed by atoms with van der Waals surface area (Å²) in [4.78, 5) is 6.93. The molecule has 1 aromatic rings. The van der Waals surface area contributed by atoms with Crippen molar-refractivity contribution >= 4 is 29.9 Å². The topological polar surface area (TPSA) is 55.3 Å². The van der Waals surface area contributed by atoms with Gasteiger partial charge in [-0.2, -0.15) is 8.78 Å². The van der Waals surface area contributed by atoms with Crippen LogP contribution in [-0.4, -0.2) is 64.5 Å². The lowest BCUT2D eigenvalue weighted by Crippen LogP contribution is -2.40. The molecule has 1 fully saturated rings.